The van der Waals surface area contributed by atoms with Gasteiger partial charge in [-0.15, -0.1) is 5.10 Å². The Morgan fingerprint density at radius 2 is 2.07 bits per heavy atom. The van der Waals surface area contributed by atoms with Crippen LogP contribution in [0.4, 0.5) is 0 Å². The van der Waals surface area contributed by atoms with Gasteiger partial charge in [-0.3, -0.25) is 0 Å². The van der Waals surface area contributed by atoms with E-state index in [1.165, 1.54) is 0 Å². The third kappa shape index (κ3) is 2.19. The van der Waals surface area contributed by atoms with Crippen molar-refractivity contribution in [2.24, 2.45) is 5.73 Å². The van der Waals surface area contributed by atoms with Crippen LogP contribution in [0.5, 0.6) is 0 Å². The van der Waals surface area contributed by atoms with E-state index in [0.717, 1.165) is 11.5 Å². The van der Waals surface area contributed by atoms with Crippen LogP contribution in [0.1, 0.15) is 12.7 Å². The monoisotopic (exact) mass is 203 g/mol. The molecule has 2 aromatic rings. The standard InChI is InChI=1S/C10H13N5/c1-8(11)7-10-12-13-14-15(10)9-5-3-2-4-6-9/h2-6,8H,7,11H2,1H3. The van der Waals surface area contributed by atoms with E-state index < -0.39 is 0 Å². The fourth-order valence-corrected chi connectivity index (χ4v) is 1.39. The molecule has 1 unspecified atom stereocenters. The van der Waals surface area contributed by atoms with E-state index in [4.69, 9.17) is 5.73 Å². The number of hydrogen-bond acceptors (Lipinski definition) is 4. The molecule has 0 saturated carbocycles. The molecule has 2 N–H and O–H groups in total. The van der Waals surface area contributed by atoms with E-state index in [1.54, 1.807) is 4.68 Å². The minimum absolute atomic E-state index is 0.0541. The van der Waals surface area contributed by atoms with Crippen molar-refractivity contribution in [2.45, 2.75) is 19.4 Å². The van der Waals surface area contributed by atoms with Crippen molar-refractivity contribution in [3.8, 4) is 5.69 Å². The first kappa shape index (κ1) is 9.79. The second-order valence-electron chi connectivity index (χ2n) is 3.52. The number of para-hydroxylation sites is 1. The molecular formula is C10H13N5. The third-order valence-corrected chi connectivity index (χ3v) is 2.04. The highest BCUT2D eigenvalue weighted by Crippen LogP contribution is 2.07. The Bertz CT molecular complexity index is 420. The van der Waals surface area contributed by atoms with Crippen LogP contribution in [0, 0.1) is 0 Å². The van der Waals surface area contributed by atoms with Crippen LogP contribution < -0.4 is 5.73 Å². The largest absolute Gasteiger partial charge is 0.328 e. The van der Waals surface area contributed by atoms with Gasteiger partial charge in [-0.25, -0.2) is 0 Å². The summed E-state index contributed by atoms with van der Waals surface area (Å²) in [6.45, 7) is 1.93. The van der Waals surface area contributed by atoms with Crippen molar-refractivity contribution >= 4 is 0 Å². The molecule has 1 aromatic carbocycles. The summed E-state index contributed by atoms with van der Waals surface area (Å²) in [6, 6.07) is 9.83. The van der Waals surface area contributed by atoms with Crippen LogP contribution in [0.15, 0.2) is 30.3 Å². The highest BCUT2D eigenvalue weighted by Gasteiger charge is 2.09. The van der Waals surface area contributed by atoms with Gasteiger partial charge in [-0.05, 0) is 29.5 Å². The molecule has 0 bridgehead atoms. The van der Waals surface area contributed by atoms with Crippen molar-refractivity contribution in [1.29, 1.82) is 0 Å². The average Bonchev–Trinajstić information content (AvgIpc) is 2.66. The van der Waals surface area contributed by atoms with Crippen molar-refractivity contribution in [1.82, 2.24) is 20.2 Å². The van der Waals surface area contributed by atoms with Crippen LogP contribution in [0.2, 0.25) is 0 Å². The zero-order valence-corrected chi connectivity index (χ0v) is 8.54. The Balaban J connectivity index is 2.33. The van der Waals surface area contributed by atoms with Gasteiger partial charge in [-0.1, -0.05) is 18.2 Å². The van der Waals surface area contributed by atoms with E-state index in [-0.39, 0.29) is 6.04 Å². The lowest BCUT2D eigenvalue weighted by Gasteiger charge is -2.05. The lowest BCUT2D eigenvalue weighted by molar-refractivity contribution is 0.674. The maximum absolute atomic E-state index is 5.72. The van der Waals surface area contributed by atoms with Gasteiger partial charge in [0.2, 0.25) is 0 Å². The first-order valence-electron chi connectivity index (χ1n) is 4.85. The highest BCUT2D eigenvalue weighted by atomic mass is 15.5. The minimum atomic E-state index is 0.0541. The Labute approximate surface area is 87.9 Å². The quantitative estimate of drug-likeness (QED) is 0.791. The molecule has 0 fully saturated rings. The summed E-state index contributed by atoms with van der Waals surface area (Å²) in [5.41, 5.74) is 6.68. The lowest BCUT2D eigenvalue weighted by Crippen LogP contribution is -2.20. The summed E-state index contributed by atoms with van der Waals surface area (Å²) in [5.74, 6) is 0.788. The first-order valence-corrected chi connectivity index (χ1v) is 4.85. The molecule has 0 aliphatic heterocycles. The molecule has 0 radical (unpaired) electrons. The summed E-state index contributed by atoms with van der Waals surface area (Å²) >= 11 is 0. The van der Waals surface area contributed by atoms with Gasteiger partial charge in [-0.2, -0.15) is 4.68 Å². The van der Waals surface area contributed by atoms with Crippen LogP contribution in [-0.4, -0.2) is 26.2 Å². The fourth-order valence-electron chi connectivity index (χ4n) is 1.39. The van der Waals surface area contributed by atoms with Crippen molar-refractivity contribution in [3.05, 3.63) is 36.2 Å². The highest BCUT2D eigenvalue weighted by molar-refractivity contribution is 5.30. The van der Waals surface area contributed by atoms with Gasteiger partial charge in [0.15, 0.2) is 5.82 Å². The molecule has 15 heavy (non-hydrogen) atoms. The number of nitrogens with zero attached hydrogens (tertiary/aromatic N) is 4. The van der Waals surface area contributed by atoms with Gasteiger partial charge in [0.1, 0.15) is 0 Å². The number of aromatic nitrogens is 4. The van der Waals surface area contributed by atoms with E-state index >= 15 is 0 Å². The van der Waals surface area contributed by atoms with Crippen LogP contribution >= 0.6 is 0 Å². The van der Waals surface area contributed by atoms with Gasteiger partial charge in [0.25, 0.3) is 0 Å². The minimum Gasteiger partial charge on any atom is -0.328 e. The predicted molar refractivity (Wildman–Crippen MR) is 56.5 cm³/mol. The van der Waals surface area contributed by atoms with Crippen molar-refractivity contribution in [2.75, 3.05) is 0 Å². The van der Waals surface area contributed by atoms with Crippen molar-refractivity contribution < 1.29 is 0 Å². The maximum Gasteiger partial charge on any atom is 0.158 e. The van der Waals surface area contributed by atoms with Gasteiger partial charge >= 0.3 is 0 Å². The van der Waals surface area contributed by atoms with E-state index in [2.05, 4.69) is 15.5 Å². The summed E-state index contributed by atoms with van der Waals surface area (Å²) in [6.07, 6.45) is 0.669. The molecular weight excluding hydrogens is 190 g/mol. The van der Waals surface area contributed by atoms with E-state index in [9.17, 15) is 0 Å². The number of rotatable bonds is 3. The van der Waals surface area contributed by atoms with Gasteiger partial charge < -0.3 is 5.73 Å². The Kier molecular flexibility index (Phi) is 2.73. The number of benzene rings is 1. The molecule has 5 heteroatoms. The van der Waals surface area contributed by atoms with E-state index in [1.807, 2.05) is 37.3 Å². The Morgan fingerprint density at radius 3 is 2.73 bits per heavy atom. The smallest absolute Gasteiger partial charge is 0.158 e. The molecule has 0 spiro atoms. The second kappa shape index (κ2) is 4.18. The molecule has 0 aliphatic rings. The van der Waals surface area contributed by atoms with Gasteiger partial charge in [0, 0.05) is 12.5 Å². The molecule has 0 saturated heterocycles. The van der Waals surface area contributed by atoms with Gasteiger partial charge in [0.05, 0.1) is 5.69 Å². The predicted octanol–water partition coefficient (Wildman–Crippen LogP) is 0.552. The molecule has 5 nitrogen and oxygen atoms in total. The van der Waals surface area contributed by atoms with Crippen LogP contribution in [-0.2, 0) is 6.42 Å². The Hall–Kier alpha value is -1.75. The molecule has 2 rings (SSSR count). The molecule has 1 atom stereocenters. The normalized spacial score (nSPS) is 12.7. The molecule has 1 heterocycles. The number of nitrogens with two attached hydrogens (primary N) is 1. The molecule has 1 aromatic heterocycles. The summed E-state index contributed by atoms with van der Waals surface area (Å²) in [4.78, 5) is 0. The summed E-state index contributed by atoms with van der Waals surface area (Å²) < 4.78 is 1.71. The van der Waals surface area contributed by atoms with E-state index in [0.29, 0.717) is 6.42 Å². The number of hydrogen-bond donors (Lipinski definition) is 1. The lowest BCUT2D eigenvalue weighted by atomic mass is 10.2. The zero-order valence-electron chi connectivity index (χ0n) is 8.54. The fraction of sp³-hybridized carbons (Fsp3) is 0.300. The molecule has 0 amide bonds. The Morgan fingerprint density at radius 1 is 1.33 bits per heavy atom. The van der Waals surface area contributed by atoms with Crippen LogP contribution in [0.3, 0.4) is 0 Å². The summed E-state index contributed by atoms with van der Waals surface area (Å²) in [7, 11) is 0. The average molecular weight is 203 g/mol. The maximum atomic E-state index is 5.72. The second-order valence-corrected chi connectivity index (χ2v) is 3.52. The molecule has 78 valence electrons. The zero-order chi connectivity index (χ0) is 10.7. The first-order chi connectivity index (χ1) is 7.27. The van der Waals surface area contributed by atoms with Crippen LogP contribution in [0.25, 0.3) is 5.69 Å². The molecule has 0 aliphatic carbocycles. The number of tetrazole rings is 1. The summed E-state index contributed by atoms with van der Waals surface area (Å²) in [5, 5.41) is 11.6. The SMILES string of the molecule is CC(N)Cc1nnnn1-c1ccccc1. The third-order valence-electron chi connectivity index (χ3n) is 2.04. The topological polar surface area (TPSA) is 69.6 Å². The van der Waals surface area contributed by atoms with Crippen molar-refractivity contribution in [3.63, 3.8) is 0 Å².